The van der Waals surface area contributed by atoms with Crippen LogP contribution < -0.4 is 11.1 Å². The molecule has 0 saturated carbocycles. The molecule has 1 aromatic rings. The molecule has 110 valence electrons. The van der Waals surface area contributed by atoms with Crippen molar-refractivity contribution in [2.45, 2.75) is 32.9 Å². The van der Waals surface area contributed by atoms with Gasteiger partial charge >= 0.3 is 0 Å². The summed E-state index contributed by atoms with van der Waals surface area (Å²) in [4.78, 5) is 14.1. The van der Waals surface area contributed by atoms with E-state index in [1.165, 1.54) is 16.7 Å². The minimum Gasteiger partial charge on any atom is -0.359 e. The summed E-state index contributed by atoms with van der Waals surface area (Å²) in [6.07, 6.45) is 2.10. The number of nitrogens with one attached hydrogen (secondary N) is 1. The maximum atomic E-state index is 11.8. The molecule has 1 aliphatic rings. The predicted octanol–water partition coefficient (Wildman–Crippen LogP) is 1.41. The molecule has 0 bridgehead atoms. The van der Waals surface area contributed by atoms with E-state index < -0.39 is 0 Å². The van der Waals surface area contributed by atoms with Gasteiger partial charge in [0.1, 0.15) is 0 Å². The minimum atomic E-state index is 0.136. The average Bonchev–Trinajstić information content (AvgIpc) is 2.48. The molecule has 1 saturated heterocycles. The highest BCUT2D eigenvalue weighted by atomic mass is 16.1. The molecule has 3 N–H and O–H groups in total. The van der Waals surface area contributed by atoms with E-state index in [2.05, 4.69) is 35.3 Å². The van der Waals surface area contributed by atoms with Gasteiger partial charge in [-0.05, 0) is 43.0 Å². The molecule has 1 aromatic carbocycles. The van der Waals surface area contributed by atoms with Crippen molar-refractivity contribution in [3.63, 3.8) is 0 Å². The van der Waals surface area contributed by atoms with Crippen molar-refractivity contribution in [3.05, 3.63) is 34.9 Å². The lowest BCUT2D eigenvalue weighted by molar-refractivity contribution is -0.126. The fourth-order valence-corrected chi connectivity index (χ4v) is 2.92. The summed E-state index contributed by atoms with van der Waals surface area (Å²) >= 11 is 0. The highest BCUT2D eigenvalue weighted by Gasteiger charge is 2.25. The zero-order chi connectivity index (χ0) is 14.5. The van der Waals surface area contributed by atoms with Gasteiger partial charge in [-0.2, -0.15) is 0 Å². The molecule has 20 heavy (non-hydrogen) atoms. The molecule has 0 aromatic heterocycles. The van der Waals surface area contributed by atoms with Crippen molar-refractivity contribution in [2.24, 2.45) is 11.7 Å². The number of amides is 1. The van der Waals surface area contributed by atoms with E-state index in [1.54, 1.807) is 7.05 Å². The SMILES string of the molecule is CNC(=O)C1CCCN(Cc2ccc(CN)cc2C)C1. The smallest absolute Gasteiger partial charge is 0.224 e. The van der Waals surface area contributed by atoms with Crippen LogP contribution in [0, 0.1) is 12.8 Å². The first-order valence-corrected chi connectivity index (χ1v) is 7.36. The number of nitrogens with two attached hydrogens (primary N) is 1. The Morgan fingerprint density at radius 2 is 2.30 bits per heavy atom. The van der Waals surface area contributed by atoms with Gasteiger partial charge in [0.05, 0.1) is 5.92 Å². The van der Waals surface area contributed by atoms with Crippen molar-refractivity contribution < 1.29 is 4.79 Å². The Balaban J connectivity index is 2.00. The molecule has 2 rings (SSSR count). The normalized spacial score (nSPS) is 19.9. The summed E-state index contributed by atoms with van der Waals surface area (Å²) in [5.41, 5.74) is 9.46. The van der Waals surface area contributed by atoms with E-state index in [0.29, 0.717) is 6.54 Å². The van der Waals surface area contributed by atoms with Gasteiger partial charge in [0.15, 0.2) is 0 Å². The highest BCUT2D eigenvalue weighted by Crippen LogP contribution is 2.20. The molecular formula is C16H25N3O. The molecular weight excluding hydrogens is 250 g/mol. The van der Waals surface area contributed by atoms with Crippen molar-refractivity contribution in [3.8, 4) is 0 Å². The third-order valence-corrected chi connectivity index (χ3v) is 4.16. The third kappa shape index (κ3) is 3.58. The van der Waals surface area contributed by atoms with E-state index in [4.69, 9.17) is 5.73 Å². The fourth-order valence-electron chi connectivity index (χ4n) is 2.92. The number of rotatable bonds is 4. The van der Waals surface area contributed by atoms with Crippen molar-refractivity contribution in [2.75, 3.05) is 20.1 Å². The van der Waals surface area contributed by atoms with Crippen LogP contribution >= 0.6 is 0 Å². The van der Waals surface area contributed by atoms with Crippen molar-refractivity contribution in [1.82, 2.24) is 10.2 Å². The molecule has 1 heterocycles. The molecule has 1 unspecified atom stereocenters. The number of hydrogen-bond acceptors (Lipinski definition) is 3. The van der Waals surface area contributed by atoms with Crippen LogP contribution in [0.1, 0.15) is 29.5 Å². The number of aryl methyl sites for hydroxylation is 1. The number of carbonyl (C=O) groups is 1. The van der Waals surface area contributed by atoms with E-state index in [1.807, 2.05) is 0 Å². The van der Waals surface area contributed by atoms with Crippen LogP contribution in [0.5, 0.6) is 0 Å². The Labute approximate surface area is 121 Å². The molecule has 1 atom stereocenters. The summed E-state index contributed by atoms with van der Waals surface area (Å²) in [5.74, 6) is 0.308. The largest absolute Gasteiger partial charge is 0.359 e. The lowest BCUT2D eigenvalue weighted by Crippen LogP contribution is -2.41. The van der Waals surface area contributed by atoms with Crippen LogP contribution in [-0.2, 0) is 17.9 Å². The second-order valence-corrected chi connectivity index (χ2v) is 5.65. The third-order valence-electron chi connectivity index (χ3n) is 4.16. The number of likely N-dealkylation sites (tertiary alicyclic amines) is 1. The summed E-state index contributed by atoms with van der Waals surface area (Å²) in [5, 5.41) is 2.77. The summed E-state index contributed by atoms with van der Waals surface area (Å²) < 4.78 is 0. The first-order chi connectivity index (χ1) is 9.63. The van der Waals surface area contributed by atoms with Gasteiger partial charge in [-0.3, -0.25) is 9.69 Å². The maximum Gasteiger partial charge on any atom is 0.224 e. The summed E-state index contributed by atoms with van der Waals surface area (Å²) in [7, 11) is 1.72. The molecule has 0 aliphatic carbocycles. The lowest BCUT2D eigenvalue weighted by atomic mass is 9.96. The molecule has 4 nitrogen and oxygen atoms in total. The number of nitrogens with zero attached hydrogens (tertiary/aromatic N) is 1. The molecule has 1 amide bonds. The van der Waals surface area contributed by atoms with E-state index >= 15 is 0 Å². The lowest BCUT2D eigenvalue weighted by Gasteiger charge is -2.32. The fraction of sp³-hybridized carbons (Fsp3) is 0.562. The Bertz CT molecular complexity index is 473. The topological polar surface area (TPSA) is 58.4 Å². The standard InChI is InChI=1S/C16H25N3O/c1-12-8-13(9-17)5-6-14(12)10-19-7-3-4-15(11-19)16(20)18-2/h5-6,8,15H,3-4,7,9-11,17H2,1-2H3,(H,18,20). The van der Waals surface area contributed by atoms with Crippen LogP contribution in [0.15, 0.2) is 18.2 Å². The second-order valence-electron chi connectivity index (χ2n) is 5.65. The molecule has 0 spiro atoms. The number of piperidine rings is 1. The van der Waals surface area contributed by atoms with Gasteiger partial charge < -0.3 is 11.1 Å². The number of hydrogen-bond donors (Lipinski definition) is 2. The maximum absolute atomic E-state index is 11.8. The minimum absolute atomic E-state index is 0.136. The zero-order valence-electron chi connectivity index (χ0n) is 12.5. The predicted molar refractivity (Wildman–Crippen MR) is 81.1 cm³/mol. The highest BCUT2D eigenvalue weighted by molar-refractivity contribution is 5.78. The van der Waals surface area contributed by atoms with Crippen LogP contribution in [0.25, 0.3) is 0 Å². The van der Waals surface area contributed by atoms with Gasteiger partial charge in [-0.1, -0.05) is 18.2 Å². The summed E-state index contributed by atoms with van der Waals surface area (Å²) in [6.45, 7) is 5.58. The van der Waals surface area contributed by atoms with Crippen LogP contribution in [0.2, 0.25) is 0 Å². The van der Waals surface area contributed by atoms with Crippen LogP contribution in [0.3, 0.4) is 0 Å². The van der Waals surface area contributed by atoms with Crippen LogP contribution in [-0.4, -0.2) is 30.9 Å². The Hall–Kier alpha value is -1.39. The quantitative estimate of drug-likeness (QED) is 0.873. The first kappa shape index (κ1) is 15.0. The summed E-state index contributed by atoms with van der Waals surface area (Å²) in [6, 6.07) is 6.43. The van der Waals surface area contributed by atoms with Gasteiger partial charge in [0, 0.05) is 26.7 Å². The van der Waals surface area contributed by atoms with Crippen LogP contribution in [0.4, 0.5) is 0 Å². The van der Waals surface area contributed by atoms with E-state index in [0.717, 1.165) is 32.5 Å². The average molecular weight is 275 g/mol. The molecule has 4 heteroatoms. The Morgan fingerprint density at radius 3 is 2.95 bits per heavy atom. The van der Waals surface area contributed by atoms with Gasteiger partial charge in [-0.15, -0.1) is 0 Å². The zero-order valence-corrected chi connectivity index (χ0v) is 12.5. The van der Waals surface area contributed by atoms with E-state index in [9.17, 15) is 4.79 Å². The Morgan fingerprint density at radius 1 is 1.50 bits per heavy atom. The Kier molecular flexibility index (Phi) is 5.15. The van der Waals surface area contributed by atoms with Crippen molar-refractivity contribution in [1.29, 1.82) is 0 Å². The van der Waals surface area contributed by atoms with Crippen molar-refractivity contribution >= 4 is 5.91 Å². The number of carbonyl (C=O) groups excluding carboxylic acids is 1. The number of benzene rings is 1. The molecule has 1 aliphatic heterocycles. The first-order valence-electron chi connectivity index (χ1n) is 7.36. The van der Waals surface area contributed by atoms with Gasteiger partial charge in [0.25, 0.3) is 0 Å². The molecule has 1 fully saturated rings. The van der Waals surface area contributed by atoms with E-state index in [-0.39, 0.29) is 11.8 Å². The molecule has 0 radical (unpaired) electrons. The monoisotopic (exact) mass is 275 g/mol. The van der Waals surface area contributed by atoms with Gasteiger partial charge in [-0.25, -0.2) is 0 Å². The second kappa shape index (κ2) is 6.86. The van der Waals surface area contributed by atoms with Gasteiger partial charge in [0.2, 0.25) is 5.91 Å².